The number of fused-ring (bicyclic) bond motifs is 2. The normalized spacial score (nSPS) is 20.0. The molecule has 0 aromatic heterocycles. The predicted octanol–water partition coefficient (Wildman–Crippen LogP) is 1.40. The summed E-state index contributed by atoms with van der Waals surface area (Å²) in [7, 11) is 0. The SMILES string of the molecule is N=C(N)NCCCC1NC(=O)C(CCCNC(=N)N)N(CCCCCCNC(=N)NCCCCCCCNC(=N)NCCCCCCN2C(CCCNC(=N)N)C(=O)NC(CCCNC(=N)N)C(=O)NC(Cc3ccc4ccccc4c3)C(=O)NCC(=O)NC2(C=O)Cc2ccc(O)cc2)C(C=O)(Cc2ccc(O)cc2)NC(=O)CNC(=O)C(Cc2ccc3c(c2)CCC=C3)NC1=O. The Kier molecular flexibility index (Phi) is 43.7. The number of rotatable bonds is 48. The van der Waals surface area contributed by atoms with Gasteiger partial charge in [0, 0.05) is 91.1 Å². The van der Waals surface area contributed by atoms with Gasteiger partial charge >= 0.3 is 0 Å². The van der Waals surface area contributed by atoms with Crippen molar-refractivity contribution < 1.29 is 58.2 Å². The van der Waals surface area contributed by atoms with Crippen molar-refractivity contribution in [3.8, 4) is 11.5 Å². The van der Waals surface area contributed by atoms with Gasteiger partial charge in [-0.2, -0.15) is 0 Å². The van der Waals surface area contributed by atoms with Crippen molar-refractivity contribution in [3.63, 3.8) is 0 Å². The van der Waals surface area contributed by atoms with E-state index in [0.29, 0.717) is 107 Å². The van der Waals surface area contributed by atoms with E-state index in [1.807, 2.05) is 66.7 Å². The average molecular weight is 1840 g/mol. The Balaban J connectivity index is 0.809. The van der Waals surface area contributed by atoms with Crippen LogP contribution in [-0.4, -0.2) is 242 Å². The highest BCUT2D eigenvalue weighted by Gasteiger charge is 2.48. The molecule has 40 nitrogen and oxygen atoms in total. The number of aryl methyl sites for hydroxylation is 1. The van der Waals surface area contributed by atoms with Crippen molar-refractivity contribution in [3.05, 3.63) is 149 Å². The number of phenolic OH excluding ortho intramolecular Hbond substituents is 2. The van der Waals surface area contributed by atoms with Crippen molar-refractivity contribution in [1.82, 2.24) is 94.9 Å². The number of nitrogens with two attached hydrogens (primary N) is 4. The molecule has 8 unspecified atom stereocenters. The summed E-state index contributed by atoms with van der Waals surface area (Å²) in [6, 6.07) is 23.8. The van der Waals surface area contributed by atoms with Gasteiger partial charge in [0.15, 0.2) is 59.7 Å². The van der Waals surface area contributed by atoms with Crippen LogP contribution in [0, 0.1) is 32.5 Å². The Morgan fingerprint density at radius 3 is 1.15 bits per heavy atom. The van der Waals surface area contributed by atoms with E-state index in [4.69, 9.17) is 55.4 Å². The zero-order chi connectivity index (χ0) is 95.9. The fourth-order valence-electron chi connectivity index (χ4n) is 16.7. The number of hydrogen-bond acceptors (Lipinski definition) is 20. The van der Waals surface area contributed by atoms with E-state index < -0.39 is 108 Å². The van der Waals surface area contributed by atoms with Crippen molar-refractivity contribution in [1.29, 1.82) is 32.5 Å². The molecule has 722 valence electrons. The molecule has 8 amide bonds. The summed E-state index contributed by atoms with van der Waals surface area (Å²) < 4.78 is 0. The second kappa shape index (κ2) is 55.5. The molecule has 1 aliphatic carbocycles. The lowest BCUT2D eigenvalue weighted by molar-refractivity contribution is -0.143. The van der Waals surface area contributed by atoms with Gasteiger partial charge in [-0.1, -0.05) is 142 Å². The second-order valence-electron chi connectivity index (χ2n) is 34.0. The van der Waals surface area contributed by atoms with Crippen LogP contribution in [0.4, 0.5) is 0 Å². The number of phenols is 2. The van der Waals surface area contributed by atoms with Crippen LogP contribution in [0.5, 0.6) is 11.5 Å². The first kappa shape index (κ1) is 105. The summed E-state index contributed by atoms with van der Waals surface area (Å²) in [6.45, 7) is 1.56. The summed E-state index contributed by atoms with van der Waals surface area (Å²) in [5.41, 5.74) is 23.2. The van der Waals surface area contributed by atoms with E-state index >= 15 is 9.59 Å². The topological polar surface area (TPSA) is 657 Å². The van der Waals surface area contributed by atoms with Crippen molar-refractivity contribution in [2.24, 2.45) is 22.9 Å². The van der Waals surface area contributed by atoms with E-state index in [-0.39, 0.29) is 164 Å². The number of nitrogens with one attached hydrogen (secondary N) is 22. The lowest BCUT2D eigenvalue weighted by Gasteiger charge is -2.45. The molecule has 8 atom stereocenters. The molecule has 2 fully saturated rings. The van der Waals surface area contributed by atoms with Crippen LogP contribution in [0.2, 0.25) is 0 Å². The van der Waals surface area contributed by atoms with E-state index in [1.165, 1.54) is 24.3 Å². The number of aromatic hydroxyl groups is 2. The summed E-state index contributed by atoms with van der Waals surface area (Å²) in [5, 5.41) is 117. The van der Waals surface area contributed by atoms with Crippen molar-refractivity contribution in [2.75, 3.05) is 78.5 Å². The Morgan fingerprint density at radius 2 is 0.744 bits per heavy atom. The first-order valence-corrected chi connectivity index (χ1v) is 46.2. The number of unbranched alkanes of at least 4 members (excludes halogenated alkanes) is 10. The molecule has 8 rings (SSSR count). The summed E-state index contributed by atoms with van der Waals surface area (Å²) >= 11 is 0. The van der Waals surface area contributed by atoms with Gasteiger partial charge in [-0.15, -0.1) is 0 Å². The minimum Gasteiger partial charge on any atom is -0.508 e. The molecule has 0 bridgehead atoms. The van der Waals surface area contributed by atoms with Gasteiger partial charge in [-0.25, -0.2) is 0 Å². The fraction of sp³-hybridized carbons (Fsp3) is 0.505. The average Bonchev–Trinajstić information content (AvgIpc) is 0.783. The number of benzene rings is 5. The van der Waals surface area contributed by atoms with Crippen LogP contribution in [-0.2, 0) is 80.0 Å². The number of nitrogens with zero attached hydrogens (tertiary/aromatic N) is 2. The molecule has 2 aliphatic heterocycles. The Bertz CT molecular complexity index is 4770. The van der Waals surface area contributed by atoms with Gasteiger partial charge in [0.1, 0.15) is 35.7 Å². The number of amides is 8. The Hall–Kier alpha value is -13.7. The van der Waals surface area contributed by atoms with Gasteiger partial charge in [0.05, 0.1) is 25.2 Å². The quantitative estimate of drug-likeness (QED) is 0.0113. The Morgan fingerprint density at radius 1 is 0.391 bits per heavy atom. The molecule has 32 N–H and O–H groups in total. The monoisotopic (exact) mass is 1840 g/mol. The van der Waals surface area contributed by atoms with Crippen molar-refractivity contribution >= 4 is 112 Å². The third kappa shape index (κ3) is 36.2. The standard InChI is InChI=1S/C93H138N28O12/c94-86(95)104-46-18-26-72-82(130)116-74(54-64-30-36-66-22-8-10-24-68(66)52-64)80(128)112-58-78(126)118-92(60-122,56-62-32-38-70(124)39-33-62)120(76(84(132)114-72)28-20-48-106-88(98)99)50-16-6-4-14-44-110-90(102)108-42-12-2-1-3-13-43-109-91(103)111-45-15-5-7-17-51-121-77(29-21-49-107-89(100)101)85(133)115-73(27-19-47-105-87(96)97)83(131)117-75(55-65-31-37-67-23-9-11-25-69(67)53-65)81(129)113-59-79(127)119-93(121,61-123)57-63-34-40-71(125)41-35-63/h8-10,22-24,30-41,52-53,60-61,72-77,124-125H,1-7,11-21,25-29,42-51,54-59H2,(H,112,128)(H,113,129)(H,114,132)(H,115,133)(H,116,130)(H,117,131)(H,118,126)(H,119,127)(H4,94,95,104)(H4,96,97,105)(H4,98,99,106)(H4,100,101,107)(H3,102,108,110)(H3,103,109,111). The summed E-state index contributed by atoms with van der Waals surface area (Å²) in [5.74, 6) is -6.61. The van der Waals surface area contributed by atoms with Gasteiger partial charge in [0.25, 0.3) is 0 Å². The maximum atomic E-state index is 15.4. The third-order valence-electron chi connectivity index (χ3n) is 23.6. The zero-order valence-electron chi connectivity index (χ0n) is 75.9. The first-order valence-electron chi connectivity index (χ1n) is 46.2. The minimum absolute atomic E-state index is 0.00481. The highest BCUT2D eigenvalue weighted by molar-refractivity contribution is 5.97. The molecular weight excluding hydrogens is 1700 g/mol. The summed E-state index contributed by atoms with van der Waals surface area (Å²) in [6.07, 6.45) is 16.5. The largest absolute Gasteiger partial charge is 0.508 e. The van der Waals surface area contributed by atoms with Crippen molar-refractivity contribution in [2.45, 2.75) is 221 Å². The van der Waals surface area contributed by atoms with Gasteiger partial charge in [-0.3, -0.25) is 90.2 Å². The smallest absolute Gasteiger partial charge is 0.243 e. The molecule has 40 heteroatoms. The van der Waals surface area contributed by atoms with E-state index in [0.717, 1.165) is 72.4 Å². The lowest BCUT2D eigenvalue weighted by Crippen LogP contribution is -2.70. The number of carbonyl (C=O) groups is 10. The highest BCUT2D eigenvalue weighted by atomic mass is 16.3. The van der Waals surface area contributed by atoms with E-state index in [9.17, 15) is 48.6 Å². The first-order chi connectivity index (χ1) is 64.0. The number of carbonyl (C=O) groups excluding carboxylic acids is 10. The van der Waals surface area contributed by atoms with Gasteiger partial charge in [-0.05, 0) is 171 Å². The number of aldehydes is 2. The molecule has 0 saturated carbocycles. The second-order valence-corrected chi connectivity index (χ2v) is 34.0. The van der Waals surface area contributed by atoms with E-state index in [1.54, 1.807) is 34.1 Å². The van der Waals surface area contributed by atoms with Gasteiger partial charge < -0.3 is 118 Å². The molecule has 2 saturated heterocycles. The molecular formula is C93H138N28O12. The number of hydrogen-bond donors (Lipinski definition) is 28. The van der Waals surface area contributed by atoms with Crippen LogP contribution in [0.25, 0.3) is 16.8 Å². The molecule has 5 aromatic rings. The number of guanidine groups is 6. The van der Waals surface area contributed by atoms with Crippen LogP contribution < -0.4 is 108 Å². The molecule has 0 spiro atoms. The minimum atomic E-state index is -1.98. The fourth-order valence-corrected chi connectivity index (χ4v) is 16.7. The predicted molar refractivity (Wildman–Crippen MR) is 511 cm³/mol. The van der Waals surface area contributed by atoms with Gasteiger partial charge in [0.2, 0.25) is 47.3 Å². The Labute approximate surface area is 776 Å². The maximum absolute atomic E-state index is 15.4. The molecule has 0 radical (unpaired) electrons. The maximum Gasteiger partial charge on any atom is 0.243 e. The summed E-state index contributed by atoms with van der Waals surface area (Å²) in [4.78, 5) is 149. The van der Waals surface area contributed by atoms with E-state index in [2.05, 4.69) is 91.1 Å². The zero-order valence-corrected chi connectivity index (χ0v) is 75.9. The molecule has 2 heterocycles. The van der Waals surface area contributed by atoms with Crippen LogP contribution >= 0.6 is 0 Å². The van der Waals surface area contributed by atoms with Crippen LogP contribution in [0.1, 0.15) is 175 Å². The molecule has 3 aliphatic rings. The van der Waals surface area contributed by atoms with Crippen LogP contribution in [0.15, 0.2) is 115 Å². The lowest BCUT2D eigenvalue weighted by atomic mass is 9.93. The number of allylic oxidation sites excluding steroid dienone is 1. The molecule has 133 heavy (non-hydrogen) atoms. The van der Waals surface area contributed by atoms with Crippen LogP contribution in [0.3, 0.4) is 0 Å². The highest BCUT2D eigenvalue weighted by Crippen LogP contribution is 2.30. The third-order valence-corrected chi connectivity index (χ3v) is 23.6. The molecule has 5 aromatic carbocycles.